The van der Waals surface area contributed by atoms with Crippen molar-refractivity contribution in [2.45, 2.75) is 9.43 Å². The predicted molar refractivity (Wildman–Crippen MR) is 104 cm³/mol. The number of rotatable bonds is 5. The zero-order valence-electron chi connectivity index (χ0n) is 13.5. The van der Waals surface area contributed by atoms with Gasteiger partial charge in [0.2, 0.25) is 0 Å². The van der Waals surface area contributed by atoms with Crippen molar-refractivity contribution in [2.24, 2.45) is 5.10 Å². The molecule has 4 aromatic rings. The molecule has 1 N–H and O–H groups in total. The van der Waals surface area contributed by atoms with Crippen molar-refractivity contribution in [2.75, 3.05) is 0 Å². The van der Waals surface area contributed by atoms with Crippen LogP contribution in [0.5, 0.6) is 0 Å². The van der Waals surface area contributed by atoms with Gasteiger partial charge in [0, 0.05) is 5.56 Å². The van der Waals surface area contributed by atoms with Crippen LogP contribution in [0.3, 0.4) is 0 Å². The maximum Gasteiger partial charge on any atom is 0.271 e. The lowest BCUT2D eigenvalue weighted by Crippen LogP contribution is -2.17. The molecule has 0 aliphatic heterocycles. The summed E-state index contributed by atoms with van der Waals surface area (Å²) in [4.78, 5) is 16.5. The van der Waals surface area contributed by atoms with E-state index >= 15 is 0 Å². The number of amides is 1. The highest BCUT2D eigenvalue weighted by Gasteiger charge is 2.08. The van der Waals surface area contributed by atoms with Gasteiger partial charge in [0.1, 0.15) is 5.76 Å². The van der Waals surface area contributed by atoms with Gasteiger partial charge in [-0.3, -0.25) is 4.79 Å². The normalized spacial score (nSPS) is 11.2. The molecule has 0 spiro atoms. The first kappa shape index (κ1) is 16.6. The molecule has 0 bridgehead atoms. The summed E-state index contributed by atoms with van der Waals surface area (Å²) in [6.45, 7) is 0. The number of carbonyl (C=O) groups is 1. The molecule has 0 fully saturated rings. The summed E-state index contributed by atoms with van der Waals surface area (Å²) in [6.07, 6.45) is 1.48. The van der Waals surface area contributed by atoms with Gasteiger partial charge < -0.3 is 4.42 Å². The van der Waals surface area contributed by atoms with Crippen LogP contribution >= 0.6 is 23.1 Å². The molecule has 2 heterocycles. The van der Waals surface area contributed by atoms with Crippen molar-refractivity contribution in [3.05, 3.63) is 78.1 Å². The Labute approximate surface area is 157 Å². The van der Waals surface area contributed by atoms with Gasteiger partial charge in [0.25, 0.3) is 5.91 Å². The molecule has 0 atom stereocenters. The Kier molecular flexibility index (Phi) is 4.81. The highest BCUT2D eigenvalue weighted by Crippen LogP contribution is 2.34. The molecule has 2 aromatic heterocycles. The van der Waals surface area contributed by atoms with Crippen molar-refractivity contribution >= 4 is 45.4 Å². The molecular weight excluding hydrogens is 366 g/mol. The van der Waals surface area contributed by atoms with E-state index in [1.807, 2.05) is 36.4 Å². The first-order chi connectivity index (χ1) is 12.8. The third kappa shape index (κ3) is 3.84. The Morgan fingerprint density at radius 1 is 1.08 bits per heavy atom. The third-order valence-electron chi connectivity index (χ3n) is 3.46. The molecule has 5 nitrogen and oxygen atoms in total. The number of hydrogen-bond acceptors (Lipinski definition) is 6. The van der Waals surface area contributed by atoms with Crippen LogP contribution in [-0.2, 0) is 0 Å². The molecule has 0 aliphatic carbocycles. The lowest BCUT2D eigenvalue weighted by molar-refractivity contribution is 0.0955. The number of furan rings is 1. The molecule has 128 valence electrons. The van der Waals surface area contributed by atoms with E-state index in [-0.39, 0.29) is 5.91 Å². The van der Waals surface area contributed by atoms with Gasteiger partial charge >= 0.3 is 0 Å². The van der Waals surface area contributed by atoms with Crippen LogP contribution < -0.4 is 5.43 Å². The highest BCUT2D eigenvalue weighted by atomic mass is 32.2. The Hall–Kier alpha value is -2.90. The van der Waals surface area contributed by atoms with E-state index in [1.165, 1.54) is 18.0 Å². The minimum Gasteiger partial charge on any atom is -0.448 e. The van der Waals surface area contributed by atoms with Crippen LogP contribution in [-0.4, -0.2) is 17.1 Å². The number of para-hydroxylation sites is 1. The minimum absolute atomic E-state index is 0.266. The molecule has 2 aromatic carbocycles. The number of hydrogen-bond donors (Lipinski definition) is 1. The minimum atomic E-state index is -0.266. The van der Waals surface area contributed by atoms with Crippen LogP contribution in [0.2, 0.25) is 0 Å². The zero-order chi connectivity index (χ0) is 17.8. The summed E-state index contributed by atoms with van der Waals surface area (Å²) in [6, 6.07) is 20.6. The van der Waals surface area contributed by atoms with Crippen molar-refractivity contribution in [3.63, 3.8) is 0 Å². The molecular formula is C19H13N3O2S2. The Bertz CT molecular complexity index is 1040. The second-order valence-electron chi connectivity index (χ2n) is 5.27. The van der Waals surface area contributed by atoms with Gasteiger partial charge in [-0.05, 0) is 48.2 Å². The third-order valence-corrected chi connectivity index (χ3v) is 5.48. The van der Waals surface area contributed by atoms with Crippen molar-refractivity contribution in [1.82, 2.24) is 10.4 Å². The number of thiazole rings is 1. The van der Waals surface area contributed by atoms with Gasteiger partial charge in [0.05, 0.1) is 16.4 Å². The summed E-state index contributed by atoms with van der Waals surface area (Å²) in [5.74, 6) is 0.291. The van der Waals surface area contributed by atoms with Gasteiger partial charge in [-0.2, -0.15) is 5.10 Å². The molecule has 1 amide bonds. The van der Waals surface area contributed by atoms with E-state index in [2.05, 4.69) is 15.5 Å². The fourth-order valence-electron chi connectivity index (χ4n) is 2.25. The molecule has 0 unspecified atom stereocenters. The summed E-state index contributed by atoms with van der Waals surface area (Å²) in [5, 5.41) is 4.65. The maximum absolute atomic E-state index is 11.9. The number of hydrazone groups is 1. The van der Waals surface area contributed by atoms with Crippen LogP contribution in [0.25, 0.3) is 10.2 Å². The first-order valence-electron chi connectivity index (χ1n) is 7.80. The first-order valence-corrected chi connectivity index (χ1v) is 9.43. The number of carbonyl (C=O) groups excluding carboxylic acids is 1. The highest BCUT2D eigenvalue weighted by molar-refractivity contribution is 8.01. The van der Waals surface area contributed by atoms with E-state index in [0.29, 0.717) is 11.3 Å². The Morgan fingerprint density at radius 2 is 1.88 bits per heavy atom. The fraction of sp³-hybridized carbons (Fsp3) is 0. The number of aromatic nitrogens is 1. The van der Waals surface area contributed by atoms with Crippen LogP contribution in [0, 0.1) is 0 Å². The lowest BCUT2D eigenvalue weighted by Gasteiger charge is -1.97. The average molecular weight is 379 g/mol. The van der Waals surface area contributed by atoms with E-state index in [0.717, 1.165) is 19.6 Å². The number of fused-ring (bicyclic) bond motifs is 1. The molecule has 0 radical (unpaired) electrons. The standard InChI is InChI=1S/C19H13N3O2S2/c23-18(13-6-2-1-3-7-13)22-20-12-14-10-11-17(24-14)26-19-21-15-8-4-5-9-16(15)25-19/h1-12H,(H,22,23)/b20-12-. The number of nitrogens with one attached hydrogen (secondary N) is 1. The maximum atomic E-state index is 11.9. The number of nitrogens with zero attached hydrogens (tertiary/aromatic N) is 2. The molecule has 4 rings (SSSR count). The van der Waals surface area contributed by atoms with Gasteiger partial charge in [-0.25, -0.2) is 10.4 Å². The van der Waals surface area contributed by atoms with Crippen LogP contribution in [0.1, 0.15) is 16.1 Å². The van der Waals surface area contributed by atoms with Crippen molar-refractivity contribution < 1.29 is 9.21 Å². The van der Waals surface area contributed by atoms with Gasteiger partial charge in [-0.15, -0.1) is 11.3 Å². The fourth-order valence-corrected chi connectivity index (χ4v) is 4.22. The largest absolute Gasteiger partial charge is 0.448 e. The quantitative estimate of drug-likeness (QED) is 0.399. The van der Waals surface area contributed by atoms with E-state index in [4.69, 9.17) is 4.42 Å². The topological polar surface area (TPSA) is 67.5 Å². The van der Waals surface area contributed by atoms with Crippen LogP contribution in [0.15, 0.2) is 85.7 Å². The molecule has 26 heavy (non-hydrogen) atoms. The van der Waals surface area contributed by atoms with Gasteiger partial charge in [-0.1, -0.05) is 30.3 Å². The molecule has 7 heteroatoms. The summed E-state index contributed by atoms with van der Waals surface area (Å²) >= 11 is 3.08. The van der Waals surface area contributed by atoms with E-state index < -0.39 is 0 Å². The van der Waals surface area contributed by atoms with E-state index in [9.17, 15) is 4.79 Å². The van der Waals surface area contributed by atoms with E-state index in [1.54, 1.807) is 41.7 Å². The summed E-state index contributed by atoms with van der Waals surface area (Å²) in [7, 11) is 0. The van der Waals surface area contributed by atoms with Gasteiger partial charge in [0.15, 0.2) is 9.43 Å². The van der Waals surface area contributed by atoms with Crippen molar-refractivity contribution in [1.29, 1.82) is 0 Å². The van der Waals surface area contributed by atoms with Crippen LogP contribution in [0.4, 0.5) is 0 Å². The smallest absolute Gasteiger partial charge is 0.271 e. The molecule has 0 saturated heterocycles. The SMILES string of the molecule is O=C(N/N=C\c1ccc(Sc2nc3ccccc3s2)o1)c1ccccc1. The predicted octanol–water partition coefficient (Wildman–Crippen LogP) is 4.80. The second kappa shape index (κ2) is 7.55. The zero-order valence-corrected chi connectivity index (χ0v) is 15.1. The molecule has 0 saturated carbocycles. The lowest BCUT2D eigenvalue weighted by atomic mass is 10.2. The van der Waals surface area contributed by atoms with Crippen molar-refractivity contribution in [3.8, 4) is 0 Å². The average Bonchev–Trinajstić information content (AvgIpc) is 3.28. The summed E-state index contributed by atoms with van der Waals surface area (Å²) in [5.41, 5.74) is 4.01. The second-order valence-corrected chi connectivity index (χ2v) is 7.55. The summed E-state index contributed by atoms with van der Waals surface area (Å²) < 4.78 is 7.76. The Balaban J connectivity index is 1.39. The number of benzene rings is 2. The molecule has 0 aliphatic rings. The monoisotopic (exact) mass is 379 g/mol. The Morgan fingerprint density at radius 3 is 2.73 bits per heavy atom.